The second-order valence-electron chi connectivity index (χ2n) is 6.51. The molecule has 0 aromatic heterocycles. The second kappa shape index (κ2) is 8.81. The number of hydrogen-bond donors (Lipinski definition) is 2. The molecule has 0 saturated carbocycles. The lowest BCUT2D eigenvalue weighted by molar-refractivity contribution is -0.143. The maximum Gasteiger partial charge on any atom is 0.416 e. The highest BCUT2D eigenvalue weighted by atomic mass is 19.4. The molecule has 0 aliphatic carbocycles. The van der Waals surface area contributed by atoms with Gasteiger partial charge in [-0.05, 0) is 36.6 Å². The maximum atomic E-state index is 12.7. The van der Waals surface area contributed by atoms with Gasteiger partial charge < -0.3 is 10.6 Å². The number of rotatable bonds is 5. The number of nitrogens with one attached hydrogen (secondary N) is 2. The average Bonchev–Trinajstić information content (AvgIpc) is 3.00. The predicted octanol–water partition coefficient (Wildman–Crippen LogP) is 3.25. The van der Waals surface area contributed by atoms with Crippen LogP contribution in [0.5, 0.6) is 0 Å². The number of halogens is 6. The normalized spacial score (nSPS) is 19.4. The number of hydrogen-bond acceptors (Lipinski definition) is 2. The smallest absolute Gasteiger partial charge is 0.356 e. The summed E-state index contributed by atoms with van der Waals surface area (Å²) in [6, 6.07) is 4.97. The number of guanidine groups is 1. The third-order valence-electron chi connectivity index (χ3n) is 4.27. The molecule has 0 radical (unpaired) electrons. The molecule has 0 spiro atoms. The summed E-state index contributed by atoms with van der Waals surface area (Å²) in [6.07, 6.45) is -7.96. The van der Waals surface area contributed by atoms with Gasteiger partial charge in [-0.15, -0.1) is 0 Å². The van der Waals surface area contributed by atoms with E-state index in [0.717, 1.165) is 12.1 Å². The number of aliphatic imine (C=N–C) groups is 1. The van der Waals surface area contributed by atoms with Crippen molar-refractivity contribution in [1.29, 1.82) is 0 Å². The van der Waals surface area contributed by atoms with Crippen LogP contribution in [-0.2, 0) is 12.7 Å². The van der Waals surface area contributed by atoms with E-state index in [4.69, 9.17) is 0 Å². The largest absolute Gasteiger partial charge is 0.416 e. The van der Waals surface area contributed by atoms with Gasteiger partial charge in [-0.3, -0.25) is 9.89 Å². The molecule has 152 valence electrons. The summed E-state index contributed by atoms with van der Waals surface area (Å²) >= 11 is 0. The molecular weight excluding hydrogens is 374 g/mol. The zero-order chi connectivity index (χ0) is 20.1. The lowest BCUT2D eigenvalue weighted by Gasteiger charge is -2.19. The Labute approximate surface area is 153 Å². The van der Waals surface area contributed by atoms with E-state index >= 15 is 0 Å². The van der Waals surface area contributed by atoms with Gasteiger partial charge in [0.05, 0.1) is 12.1 Å². The molecule has 10 heteroatoms. The van der Waals surface area contributed by atoms with E-state index in [-0.39, 0.29) is 12.5 Å². The van der Waals surface area contributed by atoms with Crippen LogP contribution in [0.1, 0.15) is 17.5 Å². The second-order valence-corrected chi connectivity index (χ2v) is 6.51. The SMILES string of the molecule is CN=C(NCc1cccc(C(F)(F)F)c1)NCC1CCN(CC(F)(F)F)C1. The fraction of sp³-hybridized carbons (Fsp3) is 0.588. The zero-order valence-corrected chi connectivity index (χ0v) is 14.8. The quantitative estimate of drug-likeness (QED) is 0.456. The van der Waals surface area contributed by atoms with Gasteiger partial charge in [0.2, 0.25) is 0 Å². The molecule has 1 saturated heterocycles. The highest BCUT2D eigenvalue weighted by molar-refractivity contribution is 5.79. The molecule has 1 aromatic rings. The van der Waals surface area contributed by atoms with Gasteiger partial charge in [0.25, 0.3) is 0 Å². The van der Waals surface area contributed by atoms with Crippen molar-refractivity contribution < 1.29 is 26.3 Å². The van der Waals surface area contributed by atoms with E-state index in [1.165, 1.54) is 18.0 Å². The van der Waals surface area contributed by atoms with Gasteiger partial charge >= 0.3 is 12.4 Å². The summed E-state index contributed by atoms with van der Waals surface area (Å²) in [6.45, 7) is 0.413. The lowest BCUT2D eigenvalue weighted by atomic mass is 10.1. The standard InChI is InChI=1S/C17H22F6N4/c1-24-15(25-8-12-3-2-4-14(7-12)17(21,22)23)26-9-13-5-6-27(10-13)11-16(18,19)20/h2-4,7,13H,5-6,8-11H2,1H3,(H2,24,25,26). The van der Waals surface area contributed by atoms with Crippen molar-refractivity contribution >= 4 is 5.96 Å². The van der Waals surface area contributed by atoms with Crippen molar-refractivity contribution in [2.75, 3.05) is 33.2 Å². The Kier molecular flexibility index (Phi) is 6.96. The molecular formula is C17H22F6N4. The number of benzene rings is 1. The molecule has 1 aliphatic rings. The van der Waals surface area contributed by atoms with Crippen molar-refractivity contribution in [1.82, 2.24) is 15.5 Å². The van der Waals surface area contributed by atoms with Gasteiger partial charge in [0.1, 0.15) is 0 Å². The van der Waals surface area contributed by atoms with Crippen molar-refractivity contribution in [3.05, 3.63) is 35.4 Å². The number of nitrogens with zero attached hydrogens (tertiary/aromatic N) is 2. The summed E-state index contributed by atoms with van der Waals surface area (Å²) in [4.78, 5) is 5.36. The summed E-state index contributed by atoms with van der Waals surface area (Å²) in [5.74, 6) is 0.446. The molecule has 1 heterocycles. The Morgan fingerprint density at radius 2 is 1.93 bits per heavy atom. The molecule has 1 aromatic carbocycles. The molecule has 0 bridgehead atoms. The molecule has 2 N–H and O–H groups in total. The topological polar surface area (TPSA) is 39.7 Å². The van der Waals surface area contributed by atoms with Crippen molar-refractivity contribution in [3.63, 3.8) is 0 Å². The summed E-state index contributed by atoms with van der Waals surface area (Å²) in [5, 5.41) is 5.93. The Hall–Kier alpha value is -1.97. The molecule has 1 aliphatic heterocycles. The fourth-order valence-electron chi connectivity index (χ4n) is 2.98. The van der Waals surface area contributed by atoms with E-state index < -0.39 is 24.5 Å². The van der Waals surface area contributed by atoms with Crippen LogP contribution in [0.15, 0.2) is 29.3 Å². The monoisotopic (exact) mass is 396 g/mol. The van der Waals surface area contributed by atoms with Gasteiger partial charge in [0, 0.05) is 26.7 Å². The maximum absolute atomic E-state index is 12.7. The van der Waals surface area contributed by atoms with Crippen LogP contribution in [0.3, 0.4) is 0 Å². The first-order valence-electron chi connectivity index (χ1n) is 8.46. The minimum Gasteiger partial charge on any atom is -0.356 e. The van der Waals surface area contributed by atoms with Crippen LogP contribution in [0.4, 0.5) is 26.3 Å². The van der Waals surface area contributed by atoms with Crippen molar-refractivity contribution in [2.24, 2.45) is 10.9 Å². The van der Waals surface area contributed by atoms with Crippen LogP contribution in [0.25, 0.3) is 0 Å². The first kappa shape index (κ1) is 21.3. The van der Waals surface area contributed by atoms with Crippen LogP contribution in [0.2, 0.25) is 0 Å². The van der Waals surface area contributed by atoms with Crippen LogP contribution in [0, 0.1) is 5.92 Å². The molecule has 2 rings (SSSR count). The van der Waals surface area contributed by atoms with Crippen LogP contribution >= 0.6 is 0 Å². The minimum absolute atomic E-state index is 0.0551. The summed E-state index contributed by atoms with van der Waals surface area (Å²) in [5.41, 5.74) is -0.273. The van der Waals surface area contributed by atoms with Gasteiger partial charge in [-0.1, -0.05) is 12.1 Å². The Morgan fingerprint density at radius 3 is 2.56 bits per heavy atom. The van der Waals surface area contributed by atoms with E-state index in [9.17, 15) is 26.3 Å². The van der Waals surface area contributed by atoms with Crippen molar-refractivity contribution in [2.45, 2.75) is 25.3 Å². The van der Waals surface area contributed by atoms with E-state index in [2.05, 4.69) is 15.6 Å². The highest BCUT2D eigenvalue weighted by Crippen LogP contribution is 2.29. The predicted molar refractivity (Wildman–Crippen MR) is 90.2 cm³/mol. The Morgan fingerprint density at radius 1 is 1.19 bits per heavy atom. The zero-order valence-electron chi connectivity index (χ0n) is 14.8. The molecule has 1 fully saturated rings. The minimum atomic E-state index is -4.40. The van der Waals surface area contributed by atoms with Crippen molar-refractivity contribution in [3.8, 4) is 0 Å². The van der Waals surface area contributed by atoms with E-state index in [0.29, 0.717) is 37.6 Å². The first-order valence-corrected chi connectivity index (χ1v) is 8.46. The Balaban J connectivity index is 1.79. The number of alkyl halides is 6. The Bertz CT molecular complexity index is 641. The summed E-state index contributed by atoms with van der Waals surface area (Å²) in [7, 11) is 1.52. The van der Waals surface area contributed by atoms with Crippen LogP contribution < -0.4 is 10.6 Å². The van der Waals surface area contributed by atoms with Gasteiger partial charge in [-0.2, -0.15) is 26.3 Å². The molecule has 27 heavy (non-hydrogen) atoms. The van der Waals surface area contributed by atoms with Gasteiger partial charge in [0.15, 0.2) is 5.96 Å². The lowest BCUT2D eigenvalue weighted by Crippen LogP contribution is -2.40. The molecule has 4 nitrogen and oxygen atoms in total. The molecule has 0 amide bonds. The van der Waals surface area contributed by atoms with Gasteiger partial charge in [-0.25, -0.2) is 0 Å². The average molecular weight is 396 g/mol. The third kappa shape index (κ3) is 7.28. The van der Waals surface area contributed by atoms with E-state index in [1.807, 2.05) is 0 Å². The highest BCUT2D eigenvalue weighted by Gasteiger charge is 2.34. The number of likely N-dealkylation sites (tertiary alicyclic amines) is 1. The van der Waals surface area contributed by atoms with E-state index in [1.54, 1.807) is 6.07 Å². The molecule has 1 atom stereocenters. The third-order valence-corrected chi connectivity index (χ3v) is 4.27. The first-order chi connectivity index (χ1) is 12.6. The fourth-order valence-corrected chi connectivity index (χ4v) is 2.98. The van der Waals surface area contributed by atoms with Crippen LogP contribution in [-0.4, -0.2) is 50.3 Å². The molecule has 1 unspecified atom stereocenters. The summed E-state index contributed by atoms with van der Waals surface area (Å²) < 4.78 is 75.4.